The lowest BCUT2D eigenvalue weighted by atomic mass is 9.89. The van der Waals surface area contributed by atoms with E-state index in [2.05, 4.69) is 15.5 Å². The van der Waals surface area contributed by atoms with Gasteiger partial charge >= 0.3 is 24.5 Å². The van der Waals surface area contributed by atoms with Gasteiger partial charge in [-0.05, 0) is 66.1 Å². The van der Waals surface area contributed by atoms with E-state index in [1.807, 2.05) is 0 Å². The molecule has 0 saturated heterocycles. The highest BCUT2D eigenvalue weighted by molar-refractivity contribution is 7.98. The summed E-state index contributed by atoms with van der Waals surface area (Å²) in [5.74, 6) is 0.619. The Morgan fingerprint density at radius 2 is 1.70 bits per heavy atom. The summed E-state index contributed by atoms with van der Waals surface area (Å²) in [6.45, 7) is 2.69. The molecular weight excluding hydrogens is 646 g/mol. The van der Waals surface area contributed by atoms with E-state index in [0.717, 1.165) is 12.0 Å². The van der Waals surface area contributed by atoms with Crippen molar-refractivity contribution < 1.29 is 50.1 Å². The molecule has 46 heavy (non-hydrogen) atoms. The van der Waals surface area contributed by atoms with E-state index in [1.54, 1.807) is 33.0 Å². The molecule has 1 aromatic heterocycles. The van der Waals surface area contributed by atoms with Crippen molar-refractivity contribution in [3.8, 4) is 5.75 Å². The van der Waals surface area contributed by atoms with Crippen LogP contribution in [0.3, 0.4) is 0 Å². The first kappa shape index (κ1) is 34.6. The molecule has 11 nitrogen and oxygen atoms in total. The van der Waals surface area contributed by atoms with Crippen molar-refractivity contribution in [1.82, 2.24) is 25.1 Å². The van der Waals surface area contributed by atoms with Crippen LogP contribution in [0.4, 0.5) is 41.6 Å². The normalized spacial score (nSPS) is 16.5. The molecule has 2 atom stereocenters. The number of fused-ring (bicyclic) bond motifs is 1. The van der Waals surface area contributed by atoms with Gasteiger partial charge in [-0.25, -0.2) is 14.3 Å². The Hall–Kier alpha value is -4.22. The van der Waals surface area contributed by atoms with Crippen LogP contribution in [0.5, 0.6) is 5.75 Å². The molecule has 1 aliphatic rings. The van der Waals surface area contributed by atoms with Gasteiger partial charge in [0.15, 0.2) is 0 Å². The van der Waals surface area contributed by atoms with E-state index in [4.69, 9.17) is 14.2 Å². The summed E-state index contributed by atoms with van der Waals surface area (Å²) in [7, 11) is 4.11. The largest absolute Gasteiger partial charge is 0.496 e. The number of tetrazole rings is 1. The second-order valence-electron chi connectivity index (χ2n) is 10.3. The third kappa shape index (κ3) is 7.42. The molecule has 0 radical (unpaired) electrons. The van der Waals surface area contributed by atoms with E-state index >= 15 is 0 Å². The van der Waals surface area contributed by atoms with Gasteiger partial charge in [-0.2, -0.15) is 26.3 Å². The highest BCUT2D eigenvalue weighted by atomic mass is 32.2. The number of anilines is 1. The van der Waals surface area contributed by atoms with Crippen molar-refractivity contribution in [1.29, 1.82) is 0 Å². The minimum Gasteiger partial charge on any atom is -0.496 e. The number of methoxy groups -OCH3 is 2. The van der Waals surface area contributed by atoms with E-state index in [9.17, 15) is 35.9 Å². The van der Waals surface area contributed by atoms with Crippen molar-refractivity contribution >= 4 is 29.6 Å². The Labute approximate surface area is 263 Å². The third-order valence-electron chi connectivity index (χ3n) is 7.24. The number of ether oxygens (including phenoxy) is 3. The van der Waals surface area contributed by atoms with Gasteiger partial charge in [-0.15, -0.1) is 5.10 Å². The van der Waals surface area contributed by atoms with Crippen molar-refractivity contribution in [2.45, 2.75) is 62.2 Å². The maximum Gasteiger partial charge on any atom is 0.416 e. The molecule has 2 unspecified atom stereocenters. The molecule has 1 aliphatic heterocycles. The maximum atomic E-state index is 13.6. The fraction of sp³-hybridized carbons (Fsp3) is 0.464. The molecule has 4 rings (SSSR count). The number of carbonyl (C=O) groups is 2. The Morgan fingerprint density at radius 3 is 2.22 bits per heavy atom. The number of alkyl halides is 6. The van der Waals surface area contributed by atoms with Crippen molar-refractivity contribution in [3.63, 3.8) is 0 Å². The first-order valence-corrected chi connectivity index (χ1v) is 14.7. The molecule has 2 amide bonds. The van der Waals surface area contributed by atoms with Gasteiger partial charge in [0.2, 0.25) is 5.16 Å². The third-order valence-corrected chi connectivity index (χ3v) is 8.30. The average molecular weight is 677 g/mol. The maximum absolute atomic E-state index is 13.6. The number of amides is 2. The molecule has 3 aromatic rings. The lowest BCUT2D eigenvalue weighted by molar-refractivity contribution is -0.143. The summed E-state index contributed by atoms with van der Waals surface area (Å²) in [6, 6.07) is 2.79. The minimum absolute atomic E-state index is 0.0179. The van der Waals surface area contributed by atoms with Crippen molar-refractivity contribution in [2.24, 2.45) is 7.05 Å². The monoisotopic (exact) mass is 676 g/mol. The summed E-state index contributed by atoms with van der Waals surface area (Å²) in [6.07, 6.45) is -11.8. The minimum atomic E-state index is -5.08. The molecule has 18 heteroatoms. The van der Waals surface area contributed by atoms with Crippen LogP contribution in [-0.4, -0.2) is 64.2 Å². The second kappa shape index (κ2) is 13.6. The van der Waals surface area contributed by atoms with E-state index in [-0.39, 0.29) is 30.5 Å². The van der Waals surface area contributed by atoms with Crippen LogP contribution < -0.4 is 9.64 Å². The van der Waals surface area contributed by atoms with E-state index < -0.39 is 59.9 Å². The van der Waals surface area contributed by atoms with Gasteiger partial charge < -0.3 is 14.2 Å². The quantitative estimate of drug-likeness (QED) is 0.192. The highest BCUT2D eigenvalue weighted by Crippen LogP contribution is 2.46. The number of aromatic nitrogens is 4. The zero-order chi connectivity index (χ0) is 34.0. The molecule has 0 N–H and O–H groups in total. The van der Waals surface area contributed by atoms with Gasteiger partial charge in [0.05, 0.1) is 43.7 Å². The second-order valence-corrected chi connectivity index (χ2v) is 11.2. The van der Waals surface area contributed by atoms with Crippen LogP contribution in [0.1, 0.15) is 54.1 Å². The number of hydrogen-bond donors (Lipinski definition) is 0. The Kier molecular flexibility index (Phi) is 10.3. The molecular formula is C28H30F6N6O5S. The SMILES string of the molecule is CCOC(=O)N1c2cc(OC)c(CSc3nnnn3C)cc2C(N(Cc2cc(C(F)(F)F)cc(C(F)(F)F)c2)C(=O)OC)CC1C. The number of thioether (sulfide) groups is 1. The number of halogens is 6. The van der Waals surface area contributed by atoms with Gasteiger partial charge in [0, 0.05) is 37.0 Å². The van der Waals surface area contributed by atoms with Crippen LogP contribution in [-0.2, 0) is 41.2 Å². The molecule has 2 heterocycles. The first-order chi connectivity index (χ1) is 21.6. The lowest BCUT2D eigenvalue weighted by Crippen LogP contribution is -2.47. The van der Waals surface area contributed by atoms with E-state index in [1.165, 1.54) is 28.5 Å². The van der Waals surface area contributed by atoms with Crippen LogP contribution in [0, 0.1) is 0 Å². The summed E-state index contributed by atoms with van der Waals surface area (Å²) < 4.78 is 99.2. The van der Waals surface area contributed by atoms with Crippen LogP contribution >= 0.6 is 11.8 Å². The van der Waals surface area contributed by atoms with Gasteiger partial charge in [-0.3, -0.25) is 9.80 Å². The number of aryl methyl sites for hydroxylation is 1. The number of benzene rings is 2. The van der Waals surface area contributed by atoms with Gasteiger partial charge in [0.1, 0.15) is 5.75 Å². The summed E-state index contributed by atoms with van der Waals surface area (Å²) in [4.78, 5) is 28.8. The number of hydrogen-bond acceptors (Lipinski definition) is 9. The Balaban J connectivity index is 1.86. The topological polar surface area (TPSA) is 112 Å². The van der Waals surface area contributed by atoms with Crippen LogP contribution in [0.15, 0.2) is 35.5 Å². The summed E-state index contributed by atoms with van der Waals surface area (Å²) in [5, 5.41) is 11.8. The standard InChI is InChI=1S/C28H30F6N6O5S/c1-6-45-26(42)40-15(2)7-21(20-10-17(23(43-4)12-22(20)40)14-46-24-35-36-37-38(24)3)39(25(41)44-5)13-16-8-18(27(29,30)31)11-19(9-16)28(32,33)34/h8-12,15,21H,6-7,13-14H2,1-5H3. The average Bonchev–Trinajstić information content (AvgIpc) is 3.40. The van der Waals surface area contributed by atoms with E-state index in [0.29, 0.717) is 34.2 Å². The zero-order valence-electron chi connectivity index (χ0n) is 25.3. The number of nitrogens with zero attached hydrogens (tertiary/aromatic N) is 6. The smallest absolute Gasteiger partial charge is 0.416 e. The summed E-state index contributed by atoms with van der Waals surface area (Å²) in [5.41, 5.74) is -2.23. The molecule has 250 valence electrons. The predicted octanol–water partition coefficient (Wildman–Crippen LogP) is 6.61. The predicted molar refractivity (Wildman–Crippen MR) is 152 cm³/mol. The highest BCUT2D eigenvalue weighted by Gasteiger charge is 2.41. The molecule has 0 aliphatic carbocycles. The van der Waals surface area contributed by atoms with Gasteiger partial charge in [0.25, 0.3) is 0 Å². The molecule has 2 aromatic carbocycles. The van der Waals surface area contributed by atoms with Crippen LogP contribution in [0.25, 0.3) is 0 Å². The molecule has 0 bridgehead atoms. The first-order valence-electron chi connectivity index (χ1n) is 13.7. The molecule has 0 spiro atoms. The Morgan fingerprint density at radius 1 is 1.04 bits per heavy atom. The van der Waals surface area contributed by atoms with Crippen molar-refractivity contribution in [3.05, 3.63) is 58.1 Å². The Bertz CT molecular complexity index is 1550. The molecule has 0 saturated carbocycles. The van der Waals surface area contributed by atoms with Gasteiger partial charge in [-0.1, -0.05) is 11.8 Å². The number of rotatable bonds is 8. The van der Waals surface area contributed by atoms with Crippen LogP contribution in [0.2, 0.25) is 0 Å². The number of carbonyl (C=O) groups excluding carboxylic acids is 2. The van der Waals surface area contributed by atoms with Crippen molar-refractivity contribution in [2.75, 3.05) is 25.7 Å². The fourth-order valence-corrected chi connectivity index (χ4v) is 6.01. The fourth-order valence-electron chi connectivity index (χ4n) is 5.18. The zero-order valence-corrected chi connectivity index (χ0v) is 26.1. The lowest BCUT2D eigenvalue weighted by Gasteiger charge is -2.43. The molecule has 0 fully saturated rings. The summed E-state index contributed by atoms with van der Waals surface area (Å²) >= 11 is 1.26.